The van der Waals surface area contributed by atoms with Gasteiger partial charge in [0.15, 0.2) is 6.29 Å². The second-order valence-electron chi connectivity index (χ2n) is 5.16. The predicted molar refractivity (Wildman–Crippen MR) is 67.9 cm³/mol. The second-order valence-corrected chi connectivity index (χ2v) is 5.16. The fourth-order valence-corrected chi connectivity index (χ4v) is 2.95. The van der Waals surface area contributed by atoms with Crippen molar-refractivity contribution < 1.29 is 4.79 Å². The van der Waals surface area contributed by atoms with Crippen molar-refractivity contribution in [2.75, 3.05) is 0 Å². The molecule has 0 spiro atoms. The van der Waals surface area contributed by atoms with E-state index in [2.05, 4.69) is 10.1 Å². The third-order valence-corrected chi connectivity index (χ3v) is 3.98. The molecule has 2 heterocycles. The number of nitrogens with zero attached hydrogens (tertiary/aromatic N) is 4. The van der Waals surface area contributed by atoms with Gasteiger partial charge in [0.1, 0.15) is 11.5 Å². The Bertz CT molecular complexity index is 590. The highest BCUT2D eigenvalue weighted by Gasteiger charge is 2.23. The molecule has 18 heavy (non-hydrogen) atoms. The number of carbonyl (C=O) groups excluding carboxylic acids is 1. The van der Waals surface area contributed by atoms with Crippen molar-refractivity contribution in [3.05, 3.63) is 17.2 Å². The molecular formula is C13H18N4O. The molecule has 0 unspecified atom stereocenters. The number of aryl methyl sites for hydroxylation is 2. The van der Waals surface area contributed by atoms with E-state index < -0.39 is 0 Å². The summed E-state index contributed by atoms with van der Waals surface area (Å²) in [7, 11) is 1.99. The molecule has 0 aliphatic heterocycles. The van der Waals surface area contributed by atoms with E-state index in [0.717, 1.165) is 23.6 Å². The van der Waals surface area contributed by atoms with Crippen LogP contribution in [0.3, 0.4) is 0 Å². The quantitative estimate of drug-likeness (QED) is 0.763. The van der Waals surface area contributed by atoms with Gasteiger partial charge in [0.2, 0.25) is 5.78 Å². The SMILES string of the molecule is Cc1nc2n(C)c(C3CCCCC3)nn2c1C=O. The van der Waals surface area contributed by atoms with Gasteiger partial charge in [-0.25, -0.2) is 4.98 Å². The van der Waals surface area contributed by atoms with E-state index in [4.69, 9.17) is 0 Å². The van der Waals surface area contributed by atoms with Gasteiger partial charge < -0.3 is 0 Å². The lowest BCUT2D eigenvalue weighted by Crippen LogP contribution is -2.10. The maximum absolute atomic E-state index is 11.1. The van der Waals surface area contributed by atoms with Crippen LogP contribution in [0.1, 0.15) is 60.0 Å². The maximum atomic E-state index is 11.1. The van der Waals surface area contributed by atoms with Crippen LogP contribution < -0.4 is 0 Å². The minimum absolute atomic E-state index is 0.519. The molecule has 0 atom stereocenters. The number of fused-ring (bicyclic) bond motifs is 1. The van der Waals surface area contributed by atoms with E-state index in [1.54, 1.807) is 4.52 Å². The van der Waals surface area contributed by atoms with E-state index in [-0.39, 0.29) is 0 Å². The zero-order chi connectivity index (χ0) is 12.7. The standard InChI is InChI=1S/C13H18N4O/c1-9-11(8-18)17-13(14-9)16(2)12(15-17)10-6-4-3-5-7-10/h8,10H,3-7H2,1-2H3. The molecule has 2 aromatic rings. The van der Waals surface area contributed by atoms with Gasteiger partial charge in [-0.15, -0.1) is 0 Å². The highest BCUT2D eigenvalue weighted by Crippen LogP contribution is 2.32. The van der Waals surface area contributed by atoms with Crippen molar-refractivity contribution >= 4 is 12.1 Å². The van der Waals surface area contributed by atoms with E-state index in [9.17, 15) is 4.79 Å². The third-order valence-electron chi connectivity index (χ3n) is 3.98. The molecule has 1 saturated carbocycles. The fourth-order valence-electron chi connectivity index (χ4n) is 2.95. The summed E-state index contributed by atoms with van der Waals surface area (Å²) in [6, 6.07) is 0. The highest BCUT2D eigenvalue weighted by atomic mass is 16.1. The average Bonchev–Trinajstić information content (AvgIpc) is 2.87. The topological polar surface area (TPSA) is 52.2 Å². The summed E-state index contributed by atoms with van der Waals surface area (Å²) in [6.07, 6.45) is 7.12. The van der Waals surface area contributed by atoms with Gasteiger partial charge >= 0.3 is 0 Å². The van der Waals surface area contributed by atoms with Crippen molar-refractivity contribution in [3.8, 4) is 0 Å². The number of aldehydes is 1. The molecule has 1 fully saturated rings. The summed E-state index contributed by atoms with van der Waals surface area (Å²) in [5.74, 6) is 2.36. The first-order valence-electron chi connectivity index (χ1n) is 6.59. The Kier molecular flexibility index (Phi) is 2.69. The summed E-state index contributed by atoms with van der Waals surface area (Å²) in [4.78, 5) is 15.5. The Morgan fingerprint density at radius 3 is 2.67 bits per heavy atom. The van der Waals surface area contributed by atoms with Crippen LogP contribution in [-0.2, 0) is 7.05 Å². The van der Waals surface area contributed by atoms with Crippen molar-refractivity contribution in [3.63, 3.8) is 0 Å². The van der Waals surface area contributed by atoms with Crippen LogP contribution >= 0.6 is 0 Å². The predicted octanol–water partition coefficient (Wildman–Crippen LogP) is 2.24. The minimum atomic E-state index is 0.519. The molecule has 0 bridgehead atoms. The summed E-state index contributed by atoms with van der Waals surface area (Å²) >= 11 is 0. The summed E-state index contributed by atoms with van der Waals surface area (Å²) in [6.45, 7) is 1.85. The van der Waals surface area contributed by atoms with Crippen LogP contribution in [0.4, 0.5) is 0 Å². The van der Waals surface area contributed by atoms with Gasteiger partial charge in [-0.1, -0.05) is 19.3 Å². The number of hydrogen-bond acceptors (Lipinski definition) is 3. The molecule has 2 aromatic heterocycles. The van der Waals surface area contributed by atoms with Gasteiger partial charge in [-0.2, -0.15) is 9.61 Å². The van der Waals surface area contributed by atoms with Crippen LogP contribution in [0, 0.1) is 6.92 Å². The lowest BCUT2D eigenvalue weighted by atomic mass is 9.89. The molecule has 0 saturated heterocycles. The van der Waals surface area contributed by atoms with Crippen molar-refractivity contribution in [1.82, 2.24) is 19.2 Å². The van der Waals surface area contributed by atoms with Crippen LogP contribution in [0.5, 0.6) is 0 Å². The Labute approximate surface area is 106 Å². The zero-order valence-corrected chi connectivity index (χ0v) is 10.9. The fraction of sp³-hybridized carbons (Fsp3) is 0.615. The Hall–Kier alpha value is -1.65. The molecule has 0 N–H and O–H groups in total. The number of rotatable bonds is 2. The van der Waals surface area contributed by atoms with Crippen LogP contribution in [0.25, 0.3) is 5.78 Å². The van der Waals surface area contributed by atoms with Crippen molar-refractivity contribution in [2.45, 2.75) is 44.9 Å². The van der Waals surface area contributed by atoms with Crippen LogP contribution in [-0.4, -0.2) is 25.5 Å². The minimum Gasteiger partial charge on any atom is -0.300 e. The van der Waals surface area contributed by atoms with E-state index in [1.807, 2.05) is 18.5 Å². The molecule has 3 rings (SSSR count). The molecule has 96 valence electrons. The monoisotopic (exact) mass is 246 g/mol. The first kappa shape index (κ1) is 11.4. The van der Waals surface area contributed by atoms with Crippen molar-refractivity contribution in [2.24, 2.45) is 7.05 Å². The second kappa shape index (κ2) is 4.23. The molecular weight excluding hydrogens is 228 g/mol. The largest absolute Gasteiger partial charge is 0.300 e. The van der Waals surface area contributed by atoms with Crippen LogP contribution in [0.15, 0.2) is 0 Å². The maximum Gasteiger partial charge on any atom is 0.232 e. The summed E-state index contributed by atoms with van der Waals surface area (Å²) in [5, 5.41) is 4.61. The zero-order valence-electron chi connectivity index (χ0n) is 10.9. The lowest BCUT2D eigenvalue weighted by Gasteiger charge is -2.20. The molecule has 0 radical (unpaired) electrons. The summed E-state index contributed by atoms with van der Waals surface area (Å²) in [5.41, 5.74) is 1.32. The Morgan fingerprint density at radius 1 is 1.28 bits per heavy atom. The number of aromatic nitrogens is 4. The normalized spacial score (nSPS) is 17.4. The average molecular weight is 246 g/mol. The van der Waals surface area contributed by atoms with Gasteiger partial charge in [-0.3, -0.25) is 9.36 Å². The van der Waals surface area contributed by atoms with Gasteiger partial charge in [-0.05, 0) is 19.8 Å². The first-order valence-corrected chi connectivity index (χ1v) is 6.59. The van der Waals surface area contributed by atoms with Crippen LogP contribution in [0.2, 0.25) is 0 Å². The van der Waals surface area contributed by atoms with E-state index >= 15 is 0 Å². The molecule has 0 amide bonds. The molecule has 5 nitrogen and oxygen atoms in total. The first-order chi connectivity index (χ1) is 8.72. The lowest BCUT2D eigenvalue weighted by molar-refractivity contribution is 0.111. The summed E-state index contributed by atoms with van der Waals surface area (Å²) < 4.78 is 3.72. The molecule has 1 aliphatic carbocycles. The Balaban J connectivity index is 2.10. The Morgan fingerprint density at radius 2 is 2.00 bits per heavy atom. The molecule has 1 aliphatic rings. The smallest absolute Gasteiger partial charge is 0.232 e. The van der Waals surface area contributed by atoms with E-state index in [1.165, 1.54) is 32.1 Å². The molecule has 0 aromatic carbocycles. The van der Waals surface area contributed by atoms with E-state index in [0.29, 0.717) is 11.6 Å². The highest BCUT2D eigenvalue weighted by molar-refractivity contribution is 5.75. The van der Waals surface area contributed by atoms with Gasteiger partial charge in [0.25, 0.3) is 0 Å². The molecule has 5 heteroatoms. The van der Waals surface area contributed by atoms with Gasteiger partial charge in [0.05, 0.1) is 5.69 Å². The number of imidazole rings is 1. The third kappa shape index (κ3) is 1.57. The van der Waals surface area contributed by atoms with Gasteiger partial charge in [0, 0.05) is 13.0 Å². The van der Waals surface area contributed by atoms with Crippen molar-refractivity contribution in [1.29, 1.82) is 0 Å². The number of carbonyl (C=O) groups is 1. The number of hydrogen-bond donors (Lipinski definition) is 0.